The second-order valence-electron chi connectivity index (χ2n) is 12.0. The second-order valence-corrected chi connectivity index (χ2v) is 13.4. The molecule has 15 nitrogen and oxygen atoms in total. The molecule has 46 heavy (non-hydrogen) atoms. The number of amides is 3. The Kier molecular flexibility index (Phi) is 13.4. The van der Waals surface area contributed by atoms with E-state index in [2.05, 4.69) is 15.6 Å². The summed E-state index contributed by atoms with van der Waals surface area (Å²) in [5, 5.41) is 26.0. The number of phenols is 1. The minimum Gasteiger partial charge on any atom is -0.506 e. The smallest absolute Gasteiger partial charge is 0.397 e. The van der Waals surface area contributed by atoms with E-state index in [1.165, 1.54) is 23.1 Å². The largest absolute Gasteiger partial charge is 0.506 e. The van der Waals surface area contributed by atoms with Crippen molar-refractivity contribution >= 4 is 45.7 Å². The first-order valence-electron chi connectivity index (χ1n) is 15.4. The van der Waals surface area contributed by atoms with Crippen LogP contribution in [0.3, 0.4) is 0 Å². The van der Waals surface area contributed by atoms with Crippen LogP contribution in [0, 0.1) is 11.8 Å². The van der Waals surface area contributed by atoms with Crippen molar-refractivity contribution in [3.8, 4) is 5.75 Å². The third-order valence-electron chi connectivity index (χ3n) is 8.64. The number of nitrogens with zero attached hydrogens (tertiary/aromatic N) is 2. The third kappa shape index (κ3) is 10.4. The molecule has 1 aliphatic carbocycles. The molecule has 7 atom stereocenters. The highest BCUT2D eigenvalue weighted by atomic mass is 35.5. The Balaban J connectivity index is 1.82. The lowest BCUT2D eigenvalue weighted by molar-refractivity contribution is -0.146. The summed E-state index contributed by atoms with van der Waals surface area (Å²) in [5.41, 5.74) is 11.2. The lowest BCUT2D eigenvalue weighted by atomic mass is 9.83. The fourth-order valence-corrected chi connectivity index (χ4v) is 6.81. The molecule has 1 aromatic rings. The molecule has 0 spiro atoms. The zero-order chi connectivity index (χ0) is 34.2. The van der Waals surface area contributed by atoms with Crippen molar-refractivity contribution in [2.45, 2.75) is 95.5 Å². The Bertz CT molecular complexity index is 1380. The summed E-state index contributed by atoms with van der Waals surface area (Å²) in [6, 6.07) is 1.66. The lowest BCUT2D eigenvalue weighted by Crippen LogP contribution is -2.59. The van der Waals surface area contributed by atoms with E-state index < -0.39 is 64.4 Å². The van der Waals surface area contributed by atoms with Crippen LogP contribution in [0.4, 0.5) is 0 Å². The molecule has 1 heterocycles. The maximum atomic E-state index is 14.3. The molecular formula is C29H45ClN6O9S. The molecule has 3 amide bonds. The van der Waals surface area contributed by atoms with Gasteiger partial charge in [0.1, 0.15) is 23.9 Å². The van der Waals surface area contributed by atoms with Crippen LogP contribution < -0.4 is 22.1 Å². The number of carbonyl (C=O) groups is 3. The number of benzene rings is 1. The summed E-state index contributed by atoms with van der Waals surface area (Å²) in [7, 11) is -4.75. The van der Waals surface area contributed by atoms with Gasteiger partial charge in [0.05, 0.1) is 11.1 Å². The number of aliphatic imine (C=N–C) groups is 1. The molecule has 1 aromatic carbocycles. The number of unbranched alkanes of at least 4 members (excludes halogenated alkanes) is 1. The van der Waals surface area contributed by atoms with Crippen LogP contribution in [0.1, 0.15) is 64.4 Å². The van der Waals surface area contributed by atoms with E-state index >= 15 is 0 Å². The topological polar surface area (TPSA) is 247 Å². The number of fused-ring (bicyclic) bond motifs is 1. The number of rotatable bonds is 15. The normalized spacial score (nSPS) is 23.1. The van der Waals surface area contributed by atoms with Crippen LogP contribution >= 0.6 is 11.6 Å². The molecular weight excluding hydrogens is 644 g/mol. The Morgan fingerprint density at radius 3 is 2.54 bits per heavy atom. The quantitative estimate of drug-likeness (QED) is 0.0582. The monoisotopic (exact) mass is 688 g/mol. The molecule has 1 saturated heterocycles. The van der Waals surface area contributed by atoms with Crippen LogP contribution in [0.25, 0.3) is 0 Å². The Hall–Kier alpha value is -3.18. The van der Waals surface area contributed by atoms with Gasteiger partial charge in [0.25, 0.3) is 0 Å². The second kappa shape index (κ2) is 16.6. The van der Waals surface area contributed by atoms with Gasteiger partial charge in [-0.2, -0.15) is 8.42 Å². The summed E-state index contributed by atoms with van der Waals surface area (Å²) in [4.78, 5) is 46.4. The number of nitrogens with one attached hydrogen (secondary N) is 2. The predicted molar refractivity (Wildman–Crippen MR) is 170 cm³/mol. The molecule has 0 radical (unpaired) electrons. The number of halogens is 1. The van der Waals surface area contributed by atoms with E-state index in [0.717, 1.165) is 0 Å². The number of carbonyl (C=O) groups excluding carboxylic acids is 3. The van der Waals surface area contributed by atoms with Crippen molar-refractivity contribution in [2.24, 2.45) is 28.3 Å². The first-order chi connectivity index (χ1) is 21.6. The van der Waals surface area contributed by atoms with Gasteiger partial charge >= 0.3 is 10.4 Å². The molecule has 2 fully saturated rings. The fourth-order valence-electron chi connectivity index (χ4n) is 6.09. The molecule has 1 saturated carbocycles. The van der Waals surface area contributed by atoms with Gasteiger partial charge in [-0.3, -0.25) is 23.9 Å². The average Bonchev–Trinajstić information content (AvgIpc) is 3.36. The number of aromatic hydroxyl groups is 1. The van der Waals surface area contributed by atoms with Gasteiger partial charge in [-0.1, -0.05) is 37.9 Å². The predicted octanol–water partition coefficient (Wildman–Crippen LogP) is 0.607. The highest BCUT2D eigenvalue weighted by Crippen LogP contribution is 2.42. The molecule has 17 heteroatoms. The number of hydrogen-bond acceptors (Lipinski definition) is 9. The summed E-state index contributed by atoms with van der Waals surface area (Å²) in [6.45, 7) is 4.30. The van der Waals surface area contributed by atoms with Crippen molar-refractivity contribution in [2.75, 3.05) is 13.1 Å². The first-order valence-corrected chi connectivity index (χ1v) is 17.1. The van der Waals surface area contributed by atoms with Crippen molar-refractivity contribution in [1.82, 2.24) is 15.5 Å². The minimum absolute atomic E-state index is 0.0248. The zero-order valence-corrected chi connectivity index (χ0v) is 27.5. The number of hydrogen-bond donors (Lipinski definition) is 7. The number of aliphatic hydroxyl groups is 1. The van der Waals surface area contributed by atoms with Gasteiger partial charge in [-0.05, 0) is 68.1 Å². The standard InChI is InChI=1S/C29H45ClN6O9S/c1-3-16(2)25(35-27(40)24(38)13-17-6-9-23(37)20(30)12-17)28(41)36-21-15-19(45-46(42,43)44)8-7-18(21)14-22(36)26(39)33-10-4-5-11-34-29(31)32/h6,9,12,16,18-19,21-22,24-25,37-38H,3-5,7-8,10-11,13-15H2,1-2H3,(H,33,39)(H,35,40)(H4,31,32,34)(H,42,43,44)/t16-,18?,19?,21?,22-,24?,25-/m0/s1. The van der Waals surface area contributed by atoms with Crippen molar-refractivity contribution in [3.05, 3.63) is 28.8 Å². The molecule has 0 aromatic heterocycles. The van der Waals surface area contributed by atoms with Gasteiger partial charge in [0, 0.05) is 25.6 Å². The Morgan fingerprint density at radius 2 is 1.91 bits per heavy atom. The Labute approximate surface area is 274 Å². The lowest BCUT2D eigenvalue weighted by Gasteiger charge is -2.39. The van der Waals surface area contributed by atoms with Crippen LogP contribution in [-0.2, 0) is 35.4 Å². The molecule has 1 aliphatic heterocycles. The maximum absolute atomic E-state index is 14.3. The van der Waals surface area contributed by atoms with E-state index in [1.807, 2.05) is 6.92 Å². The molecule has 9 N–H and O–H groups in total. The summed E-state index contributed by atoms with van der Waals surface area (Å²) >= 11 is 5.96. The average molecular weight is 689 g/mol. The van der Waals surface area contributed by atoms with Gasteiger partial charge in [-0.25, -0.2) is 4.18 Å². The van der Waals surface area contributed by atoms with Crippen molar-refractivity contribution < 1.29 is 41.8 Å². The number of likely N-dealkylation sites (tertiary alicyclic amines) is 1. The fraction of sp³-hybridized carbons (Fsp3) is 0.655. The number of nitrogens with two attached hydrogens (primary N) is 2. The van der Waals surface area contributed by atoms with Gasteiger partial charge < -0.3 is 37.2 Å². The zero-order valence-electron chi connectivity index (χ0n) is 26.0. The van der Waals surface area contributed by atoms with Crippen LogP contribution in [-0.4, -0.2) is 95.2 Å². The van der Waals surface area contributed by atoms with E-state index in [4.69, 9.17) is 27.3 Å². The van der Waals surface area contributed by atoms with Crippen LogP contribution in [0.15, 0.2) is 23.2 Å². The van der Waals surface area contributed by atoms with E-state index in [-0.39, 0.29) is 35.5 Å². The summed E-state index contributed by atoms with van der Waals surface area (Å²) in [5.74, 6) is -2.47. The Morgan fingerprint density at radius 1 is 1.20 bits per heavy atom. The molecule has 4 unspecified atom stereocenters. The van der Waals surface area contributed by atoms with Crippen molar-refractivity contribution in [3.63, 3.8) is 0 Å². The first kappa shape index (κ1) is 37.3. The molecule has 3 rings (SSSR count). The summed E-state index contributed by atoms with van der Waals surface area (Å²) in [6.07, 6.45) is 0.220. The van der Waals surface area contributed by atoms with Gasteiger partial charge in [0.2, 0.25) is 17.7 Å². The highest BCUT2D eigenvalue weighted by Gasteiger charge is 2.51. The maximum Gasteiger partial charge on any atom is 0.397 e. The van der Waals surface area contributed by atoms with E-state index in [1.54, 1.807) is 6.92 Å². The molecule has 0 bridgehead atoms. The number of aliphatic hydroxyl groups excluding tert-OH is 1. The van der Waals surface area contributed by atoms with Gasteiger partial charge in [0.15, 0.2) is 5.96 Å². The molecule has 2 aliphatic rings. The van der Waals surface area contributed by atoms with E-state index in [9.17, 15) is 37.6 Å². The van der Waals surface area contributed by atoms with E-state index in [0.29, 0.717) is 57.2 Å². The number of phenolic OH excluding ortho intramolecular Hbond substituents is 1. The van der Waals surface area contributed by atoms with Gasteiger partial charge in [-0.15, -0.1) is 0 Å². The van der Waals surface area contributed by atoms with Crippen LogP contribution in [0.5, 0.6) is 5.75 Å². The van der Waals surface area contributed by atoms with Crippen LogP contribution in [0.2, 0.25) is 5.02 Å². The SMILES string of the molecule is CC[C@H](C)[C@H](NC(=O)C(O)Cc1ccc(O)c(Cl)c1)C(=O)N1C2CC(OS(=O)(=O)O)CCC2C[C@H]1C(=O)NCCCCN=C(N)N. The number of guanidine groups is 1. The summed E-state index contributed by atoms with van der Waals surface area (Å²) < 4.78 is 37.1. The highest BCUT2D eigenvalue weighted by molar-refractivity contribution is 7.80. The molecule has 258 valence electrons. The van der Waals surface area contributed by atoms with Crippen molar-refractivity contribution in [1.29, 1.82) is 0 Å². The third-order valence-corrected chi connectivity index (χ3v) is 9.46. The minimum atomic E-state index is -4.75.